The number of methoxy groups -OCH3 is 1. The van der Waals surface area contributed by atoms with Crippen molar-refractivity contribution in [1.82, 2.24) is 34.6 Å². The van der Waals surface area contributed by atoms with Gasteiger partial charge < -0.3 is 4.74 Å². The average molecular weight is 395 g/mol. The van der Waals surface area contributed by atoms with Gasteiger partial charge >= 0.3 is 12.1 Å². The molecule has 0 spiro atoms. The Bertz CT molecular complexity index is 1210. The highest BCUT2D eigenvalue weighted by molar-refractivity contribution is 5.82. The molecule has 0 radical (unpaired) electrons. The molecule has 3 heterocycles. The Hall–Kier alpha value is -3.64. The molecule has 0 saturated heterocycles. The summed E-state index contributed by atoms with van der Waals surface area (Å²) >= 11 is 0. The van der Waals surface area contributed by atoms with Gasteiger partial charge in [-0.2, -0.15) is 27.8 Å². The van der Waals surface area contributed by atoms with Crippen molar-refractivity contribution >= 4 is 22.9 Å². The summed E-state index contributed by atoms with van der Waals surface area (Å²) in [5.41, 5.74) is 0.197. The number of ether oxygens (including phenoxy) is 1. The van der Waals surface area contributed by atoms with Gasteiger partial charge in [-0.05, 0) is 18.2 Å². The average Bonchev–Trinajstić information content (AvgIpc) is 3.23. The SMILES string of the molecule is COC(=O)Cc1nn(-c2cccc(F)c2)c2c1nnc1nc(C(F)(F)F)nn12. The molecule has 0 bridgehead atoms. The van der Waals surface area contributed by atoms with Crippen LogP contribution in [-0.4, -0.2) is 47.7 Å². The molecule has 0 saturated carbocycles. The lowest BCUT2D eigenvalue weighted by molar-refractivity contribution is -0.144. The summed E-state index contributed by atoms with van der Waals surface area (Å²) in [5.74, 6) is -3.09. The minimum atomic E-state index is -4.81. The van der Waals surface area contributed by atoms with E-state index in [4.69, 9.17) is 0 Å². The van der Waals surface area contributed by atoms with Crippen LogP contribution in [0.1, 0.15) is 11.5 Å². The van der Waals surface area contributed by atoms with E-state index < -0.39 is 29.6 Å². The number of hydrogen-bond donors (Lipinski definition) is 0. The molecule has 4 rings (SSSR count). The summed E-state index contributed by atoms with van der Waals surface area (Å²) in [4.78, 5) is 15.0. The highest BCUT2D eigenvalue weighted by Crippen LogP contribution is 2.28. The maximum atomic E-state index is 13.7. The van der Waals surface area contributed by atoms with Gasteiger partial charge in [-0.1, -0.05) is 6.07 Å². The number of esters is 1. The van der Waals surface area contributed by atoms with Crippen LogP contribution >= 0.6 is 0 Å². The van der Waals surface area contributed by atoms with Crippen LogP contribution in [0.5, 0.6) is 0 Å². The normalized spacial score (nSPS) is 12.0. The molecule has 0 N–H and O–H groups in total. The smallest absolute Gasteiger partial charge is 0.453 e. The molecule has 0 atom stereocenters. The highest BCUT2D eigenvalue weighted by atomic mass is 19.4. The van der Waals surface area contributed by atoms with Crippen LogP contribution < -0.4 is 0 Å². The van der Waals surface area contributed by atoms with E-state index in [2.05, 4.69) is 30.1 Å². The zero-order chi connectivity index (χ0) is 20.1. The Balaban J connectivity index is 2.05. The van der Waals surface area contributed by atoms with E-state index >= 15 is 0 Å². The number of rotatable bonds is 3. The van der Waals surface area contributed by atoms with Gasteiger partial charge in [0, 0.05) is 0 Å². The molecule has 1 aromatic carbocycles. The van der Waals surface area contributed by atoms with Crippen LogP contribution in [-0.2, 0) is 22.1 Å². The topological polar surface area (TPSA) is 100 Å². The first-order chi connectivity index (χ1) is 13.3. The molecule has 0 amide bonds. The summed E-state index contributed by atoms with van der Waals surface area (Å²) in [7, 11) is 1.17. The summed E-state index contributed by atoms with van der Waals surface area (Å²) < 4.78 is 59.2. The third kappa shape index (κ3) is 2.90. The monoisotopic (exact) mass is 395 g/mol. The predicted molar refractivity (Wildman–Crippen MR) is 83.9 cm³/mol. The second kappa shape index (κ2) is 6.21. The third-order valence-corrected chi connectivity index (χ3v) is 3.78. The molecular formula is C15H9F4N7O2. The predicted octanol–water partition coefficient (Wildman–Crippen LogP) is 1.73. The van der Waals surface area contributed by atoms with Crippen LogP contribution in [0.2, 0.25) is 0 Å². The number of fused-ring (bicyclic) bond motifs is 3. The van der Waals surface area contributed by atoms with Crippen LogP contribution in [0.3, 0.4) is 0 Å². The van der Waals surface area contributed by atoms with Crippen LogP contribution in [0.15, 0.2) is 24.3 Å². The lowest BCUT2D eigenvalue weighted by Gasteiger charge is -2.03. The summed E-state index contributed by atoms with van der Waals surface area (Å²) in [5, 5.41) is 15.1. The molecular weight excluding hydrogens is 386 g/mol. The molecule has 28 heavy (non-hydrogen) atoms. The van der Waals surface area contributed by atoms with E-state index in [1.165, 1.54) is 25.3 Å². The second-order valence-corrected chi connectivity index (χ2v) is 5.61. The Kier molecular flexibility index (Phi) is 3.94. The lowest BCUT2D eigenvalue weighted by atomic mass is 10.3. The Morgan fingerprint density at radius 3 is 2.68 bits per heavy atom. The molecule has 4 aromatic rings. The maximum absolute atomic E-state index is 13.7. The fourth-order valence-electron chi connectivity index (χ4n) is 2.58. The van der Waals surface area contributed by atoms with Crippen LogP contribution in [0, 0.1) is 5.82 Å². The number of benzene rings is 1. The molecule has 0 aliphatic heterocycles. The molecule has 0 unspecified atom stereocenters. The Morgan fingerprint density at radius 1 is 1.21 bits per heavy atom. The molecule has 0 aliphatic carbocycles. The van der Waals surface area contributed by atoms with Gasteiger partial charge in [0.05, 0.1) is 19.2 Å². The largest absolute Gasteiger partial charge is 0.469 e. The standard InChI is InChI=1S/C15H9F4N7O2/c1-28-10(27)6-9-11-12(25(23-9)8-4-2-3-7(16)5-8)26-14(22-21-11)20-13(24-26)15(17,18)19/h2-5H,6H2,1H3. The number of alkyl halides is 3. The van der Waals surface area contributed by atoms with E-state index in [1.807, 2.05) is 0 Å². The van der Waals surface area contributed by atoms with Gasteiger partial charge in [0.2, 0.25) is 0 Å². The van der Waals surface area contributed by atoms with Gasteiger partial charge in [0.25, 0.3) is 11.6 Å². The summed E-state index contributed by atoms with van der Waals surface area (Å²) in [6.07, 6.45) is -5.13. The van der Waals surface area contributed by atoms with Crippen LogP contribution in [0.4, 0.5) is 17.6 Å². The van der Waals surface area contributed by atoms with Crippen molar-refractivity contribution in [3.05, 3.63) is 41.6 Å². The van der Waals surface area contributed by atoms with E-state index in [-0.39, 0.29) is 29.0 Å². The Morgan fingerprint density at radius 2 is 2.00 bits per heavy atom. The molecule has 144 valence electrons. The van der Waals surface area contributed by atoms with E-state index in [0.717, 1.165) is 15.3 Å². The van der Waals surface area contributed by atoms with Crippen molar-refractivity contribution in [1.29, 1.82) is 0 Å². The van der Waals surface area contributed by atoms with Crippen molar-refractivity contribution in [3.63, 3.8) is 0 Å². The zero-order valence-corrected chi connectivity index (χ0v) is 14.0. The van der Waals surface area contributed by atoms with E-state index in [1.54, 1.807) is 0 Å². The molecule has 0 aliphatic rings. The molecule has 3 aromatic heterocycles. The quantitative estimate of drug-likeness (QED) is 0.385. The number of halogens is 4. The van der Waals surface area contributed by atoms with Crippen molar-refractivity contribution in [3.8, 4) is 5.69 Å². The summed E-state index contributed by atoms with van der Waals surface area (Å²) in [6.45, 7) is 0. The first-order valence-corrected chi connectivity index (χ1v) is 7.69. The summed E-state index contributed by atoms with van der Waals surface area (Å²) in [6, 6.07) is 5.18. The van der Waals surface area contributed by atoms with Gasteiger partial charge in [-0.25, -0.2) is 9.07 Å². The van der Waals surface area contributed by atoms with E-state index in [0.29, 0.717) is 0 Å². The minimum Gasteiger partial charge on any atom is -0.469 e. The number of carbonyl (C=O) groups is 1. The number of carbonyl (C=O) groups excluding carboxylic acids is 1. The van der Waals surface area contributed by atoms with Crippen LogP contribution in [0.25, 0.3) is 22.6 Å². The first kappa shape index (κ1) is 17.8. The number of aromatic nitrogens is 7. The van der Waals surface area contributed by atoms with Gasteiger partial charge in [-0.15, -0.1) is 15.3 Å². The molecule has 9 nitrogen and oxygen atoms in total. The highest BCUT2D eigenvalue weighted by Gasteiger charge is 2.37. The number of nitrogens with zero attached hydrogens (tertiary/aromatic N) is 7. The zero-order valence-electron chi connectivity index (χ0n) is 14.0. The minimum absolute atomic E-state index is 0.000728. The van der Waals surface area contributed by atoms with Crippen molar-refractivity contribution in [2.24, 2.45) is 0 Å². The Labute approximate surface area is 152 Å². The van der Waals surface area contributed by atoms with Gasteiger partial charge in [0.15, 0.2) is 11.2 Å². The number of hydrogen-bond acceptors (Lipinski definition) is 7. The first-order valence-electron chi connectivity index (χ1n) is 7.69. The third-order valence-electron chi connectivity index (χ3n) is 3.78. The maximum Gasteiger partial charge on any atom is 0.453 e. The van der Waals surface area contributed by atoms with Crippen molar-refractivity contribution < 1.29 is 27.1 Å². The van der Waals surface area contributed by atoms with Gasteiger partial charge in [0.1, 0.15) is 11.5 Å². The second-order valence-electron chi connectivity index (χ2n) is 5.61. The molecule has 0 fully saturated rings. The van der Waals surface area contributed by atoms with E-state index in [9.17, 15) is 22.4 Å². The fourth-order valence-corrected chi connectivity index (χ4v) is 2.58. The van der Waals surface area contributed by atoms with Crippen molar-refractivity contribution in [2.45, 2.75) is 12.6 Å². The van der Waals surface area contributed by atoms with Crippen molar-refractivity contribution in [2.75, 3.05) is 7.11 Å². The van der Waals surface area contributed by atoms with Gasteiger partial charge in [-0.3, -0.25) is 4.79 Å². The molecule has 13 heteroatoms. The lowest BCUT2D eigenvalue weighted by Crippen LogP contribution is -2.08. The fraction of sp³-hybridized carbons (Fsp3) is 0.200.